The number of hydrogen-bond acceptors (Lipinski definition) is 2. The Kier molecular flexibility index (Phi) is 3.75. The van der Waals surface area contributed by atoms with Gasteiger partial charge in [-0.2, -0.15) is 5.10 Å². The van der Waals surface area contributed by atoms with Crippen LogP contribution in [-0.2, 0) is 6.54 Å². The molecule has 3 heteroatoms. The van der Waals surface area contributed by atoms with E-state index < -0.39 is 0 Å². The van der Waals surface area contributed by atoms with Crippen LogP contribution in [0.4, 0.5) is 0 Å². The van der Waals surface area contributed by atoms with Gasteiger partial charge in [-0.05, 0) is 68.8 Å². The molecule has 2 aliphatic rings. The standard InChI is InChI=1S/C19H25N3/c1-15(21-9-2-3-10-21)17-5-4-6-18(11-17)19-12-20-22(14-19)13-16-7-8-16/h4-6,11-12,14-16H,2-3,7-10,13H2,1H3. The van der Waals surface area contributed by atoms with E-state index in [9.17, 15) is 0 Å². The van der Waals surface area contributed by atoms with Crippen LogP contribution in [0.2, 0.25) is 0 Å². The molecule has 0 amide bonds. The monoisotopic (exact) mass is 295 g/mol. The van der Waals surface area contributed by atoms with Crippen LogP contribution in [0, 0.1) is 5.92 Å². The Hall–Kier alpha value is -1.61. The molecule has 22 heavy (non-hydrogen) atoms. The summed E-state index contributed by atoms with van der Waals surface area (Å²) in [5.74, 6) is 0.870. The van der Waals surface area contributed by atoms with Crippen molar-refractivity contribution in [2.75, 3.05) is 13.1 Å². The minimum absolute atomic E-state index is 0.518. The fourth-order valence-electron chi connectivity index (χ4n) is 3.50. The SMILES string of the molecule is CC(c1cccc(-c2cnn(CC3CC3)c2)c1)N1CCCC1. The quantitative estimate of drug-likeness (QED) is 0.827. The van der Waals surface area contributed by atoms with E-state index in [0.29, 0.717) is 6.04 Å². The molecule has 1 aliphatic heterocycles. The maximum absolute atomic E-state index is 4.53. The largest absolute Gasteiger partial charge is 0.297 e. The average Bonchev–Trinajstić information content (AvgIpc) is 3.04. The van der Waals surface area contributed by atoms with Crippen molar-refractivity contribution in [2.45, 2.75) is 45.2 Å². The van der Waals surface area contributed by atoms with Gasteiger partial charge in [-0.15, -0.1) is 0 Å². The number of hydrogen-bond donors (Lipinski definition) is 0. The van der Waals surface area contributed by atoms with Gasteiger partial charge in [0, 0.05) is 24.3 Å². The number of likely N-dealkylation sites (tertiary alicyclic amines) is 1. The molecular formula is C19H25N3. The molecule has 2 heterocycles. The zero-order valence-electron chi connectivity index (χ0n) is 13.4. The molecule has 2 fully saturated rings. The van der Waals surface area contributed by atoms with E-state index in [1.807, 2.05) is 6.20 Å². The molecule has 2 aromatic rings. The summed E-state index contributed by atoms with van der Waals surface area (Å²) in [6.07, 6.45) is 9.66. The van der Waals surface area contributed by atoms with Crippen LogP contribution in [0.5, 0.6) is 0 Å². The molecule has 1 aromatic carbocycles. The molecule has 4 rings (SSSR count). The Bertz CT molecular complexity index is 636. The summed E-state index contributed by atoms with van der Waals surface area (Å²) in [5.41, 5.74) is 3.97. The second-order valence-electron chi connectivity index (χ2n) is 6.94. The molecule has 1 aliphatic carbocycles. The first-order valence-corrected chi connectivity index (χ1v) is 8.66. The molecule has 1 saturated heterocycles. The summed E-state index contributed by atoms with van der Waals surface area (Å²) in [6.45, 7) is 5.90. The molecule has 0 bridgehead atoms. The highest BCUT2D eigenvalue weighted by atomic mass is 15.3. The lowest BCUT2D eigenvalue weighted by molar-refractivity contribution is 0.263. The molecule has 1 saturated carbocycles. The van der Waals surface area contributed by atoms with Crippen LogP contribution in [0.1, 0.15) is 44.2 Å². The summed E-state index contributed by atoms with van der Waals surface area (Å²) >= 11 is 0. The van der Waals surface area contributed by atoms with Crippen LogP contribution in [0.3, 0.4) is 0 Å². The van der Waals surface area contributed by atoms with E-state index in [1.54, 1.807) is 0 Å². The Balaban J connectivity index is 1.53. The summed E-state index contributed by atoms with van der Waals surface area (Å²) in [6, 6.07) is 9.53. The van der Waals surface area contributed by atoms with Crippen molar-refractivity contribution in [1.29, 1.82) is 0 Å². The predicted octanol–water partition coefficient (Wildman–Crippen LogP) is 4.12. The van der Waals surface area contributed by atoms with Crippen molar-refractivity contribution in [3.05, 3.63) is 42.2 Å². The Morgan fingerprint density at radius 1 is 1.18 bits per heavy atom. The van der Waals surface area contributed by atoms with Gasteiger partial charge in [-0.3, -0.25) is 9.58 Å². The van der Waals surface area contributed by atoms with Crippen LogP contribution < -0.4 is 0 Å². The zero-order valence-corrected chi connectivity index (χ0v) is 13.4. The van der Waals surface area contributed by atoms with Gasteiger partial charge in [0.15, 0.2) is 0 Å². The number of rotatable bonds is 5. The third kappa shape index (κ3) is 2.95. The average molecular weight is 295 g/mol. The summed E-state index contributed by atoms with van der Waals surface area (Å²) in [7, 11) is 0. The van der Waals surface area contributed by atoms with Gasteiger partial charge in [0.25, 0.3) is 0 Å². The highest BCUT2D eigenvalue weighted by molar-refractivity contribution is 5.62. The first kappa shape index (κ1) is 14.0. The van der Waals surface area contributed by atoms with E-state index in [1.165, 1.54) is 55.5 Å². The normalized spacial score (nSPS) is 20.4. The summed E-state index contributed by atoms with van der Waals surface area (Å²) in [5, 5.41) is 4.53. The molecule has 0 radical (unpaired) electrons. The number of nitrogens with zero attached hydrogens (tertiary/aromatic N) is 3. The Morgan fingerprint density at radius 2 is 2.00 bits per heavy atom. The molecule has 116 valence electrons. The van der Waals surface area contributed by atoms with E-state index >= 15 is 0 Å². The molecule has 0 N–H and O–H groups in total. The van der Waals surface area contributed by atoms with Crippen LogP contribution >= 0.6 is 0 Å². The zero-order chi connectivity index (χ0) is 14.9. The smallest absolute Gasteiger partial charge is 0.0568 e. The fraction of sp³-hybridized carbons (Fsp3) is 0.526. The van der Waals surface area contributed by atoms with Gasteiger partial charge in [-0.25, -0.2) is 0 Å². The second kappa shape index (κ2) is 5.88. The topological polar surface area (TPSA) is 21.1 Å². The van der Waals surface area contributed by atoms with E-state index in [2.05, 4.69) is 52.1 Å². The lowest BCUT2D eigenvalue weighted by atomic mass is 10.0. The second-order valence-corrected chi connectivity index (χ2v) is 6.94. The van der Waals surface area contributed by atoms with Gasteiger partial charge in [0.1, 0.15) is 0 Å². The third-order valence-electron chi connectivity index (χ3n) is 5.17. The maximum atomic E-state index is 4.53. The maximum Gasteiger partial charge on any atom is 0.0568 e. The van der Waals surface area contributed by atoms with Crippen LogP contribution in [-0.4, -0.2) is 27.8 Å². The molecule has 1 atom stereocenters. The lowest BCUT2D eigenvalue weighted by Gasteiger charge is -2.24. The molecule has 1 aromatic heterocycles. The first-order valence-electron chi connectivity index (χ1n) is 8.66. The number of benzene rings is 1. The van der Waals surface area contributed by atoms with Crippen molar-refractivity contribution in [2.24, 2.45) is 5.92 Å². The van der Waals surface area contributed by atoms with Gasteiger partial charge in [0.05, 0.1) is 6.20 Å². The molecule has 1 unspecified atom stereocenters. The van der Waals surface area contributed by atoms with E-state index in [-0.39, 0.29) is 0 Å². The predicted molar refractivity (Wildman–Crippen MR) is 89.6 cm³/mol. The van der Waals surface area contributed by atoms with Crippen LogP contribution in [0.25, 0.3) is 11.1 Å². The summed E-state index contributed by atoms with van der Waals surface area (Å²) < 4.78 is 2.11. The van der Waals surface area contributed by atoms with E-state index in [4.69, 9.17) is 0 Å². The van der Waals surface area contributed by atoms with Crippen molar-refractivity contribution >= 4 is 0 Å². The lowest BCUT2D eigenvalue weighted by Crippen LogP contribution is -2.23. The van der Waals surface area contributed by atoms with Crippen LogP contribution in [0.15, 0.2) is 36.7 Å². The fourth-order valence-corrected chi connectivity index (χ4v) is 3.50. The molecule has 3 nitrogen and oxygen atoms in total. The van der Waals surface area contributed by atoms with Gasteiger partial charge in [-0.1, -0.05) is 18.2 Å². The van der Waals surface area contributed by atoms with Gasteiger partial charge in [0.2, 0.25) is 0 Å². The highest BCUT2D eigenvalue weighted by Gasteiger charge is 2.22. The van der Waals surface area contributed by atoms with Gasteiger partial charge >= 0.3 is 0 Å². The Labute approximate surface area is 132 Å². The Morgan fingerprint density at radius 3 is 2.77 bits per heavy atom. The minimum Gasteiger partial charge on any atom is -0.297 e. The van der Waals surface area contributed by atoms with Crippen molar-refractivity contribution < 1.29 is 0 Å². The van der Waals surface area contributed by atoms with E-state index in [0.717, 1.165) is 12.5 Å². The minimum atomic E-state index is 0.518. The molecule has 0 spiro atoms. The van der Waals surface area contributed by atoms with Crippen molar-refractivity contribution in [1.82, 2.24) is 14.7 Å². The van der Waals surface area contributed by atoms with Crippen molar-refractivity contribution in [3.63, 3.8) is 0 Å². The van der Waals surface area contributed by atoms with Crippen molar-refractivity contribution in [3.8, 4) is 11.1 Å². The first-order chi connectivity index (χ1) is 10.8. The highest BCUT2D eigenvalue weighted by Crippen LogP contribution is 2.31. The summed E-state index contributed by atoms with van der Waals surface area (Å²) in [4.78, 5) is 2.59. The van der Waals surface area contributed by atoms with Gasteiger partial charge < -0.3 is 0 Å². The number of aromatic nitrogens is 2. The third-order valence-corrected chi connectivity index (χ3v) is 5.17. The molecular weight excluding hydrogens is 270 g/mol.